The quantitative estimate of drug-likeness (QED) is 0.657. The summed E-state index contributed by atoms with van der Waals surface area (Å²) < 4.78 is 0. The van der Waals surface area contributed by atoms with Crippen molar-refractivity contribution >= 4 is 17.5 Å². The molecule has 0 bridgehead atoms. The lowest BCUT2D eigenvalue weighted by molar-refractivity contribution is 1.02. The number of benzene rings is 1. The Balaban J connectivity index is 2.01. The Morgan fingerprint density at radius 1 is 1.23 bits per heavy atom. The monoisotopic (exact) mass is 297 g/mol. The van der Waals surface area contributed by atoms with Crippen molar-refractivity contribution in [2.45, 2.75) is 19.9 Å². The lowest BCUT2D eigenvalue weighted by Crippen LogP contribution is -2.22. The van der Waals surface area contributed by atoms with Gasteiger partial charge in [-0.25, -0.2) is 9.98 Å². The average Bonchev–Trinajstić information content (AvgIpc) is 2.53. The highest BCUT2D eigenvalue weighted by Crippen LogP contribution is 2.12. The molecule has 0 aliphatic rings. The van der Waals surface area contributed by atoms with Gasteiger partial charge >= 0.3 is 0 Å². The highest BCUT2D eigenvalue weighted by atomic mass is 15.1. The molecule has 1 aromatic carbocycles. The van der Waals surface area contributed by atoms with Crippen LogP contribution < -0.4 is 16.0 Å². The minimum absolute atomic E-state index is 0.413. The van der Waals surface area contributed by atoms with E-state index in [2.05, 4.69) is 34.3 Å². The van der Waals surface area contributed by atoms with E-state index in [4.69, 9.17) is 5.73 Å². The largest absolute Gasteiger partial charge is 0.370 e. The SMILES string of the molecule is CCc1cccc(NC(N)=NCc2ccnc(N(C)C)c2)c1. The lowest BCUT2D eigenvalue weighted by Gasteiger charge is -2.11. The van der Waals surface area contributed by atoms with Crippen LogP contribution in [0.3, 0.4) is 0 Å². The number of aliphatic imine (C=N–C) groups is 1. The molecule has 0 saturated carbocycles. The Bertz CT molecular complexity index is 649. The summed E-state index contributed by atoms with van der Waals surface area (Å²) in [6.07, 6.45) is 2.78. The van der Waals surface area contributed by atoms with Crippen LogP contribution in [0.1, 0.15) is 18.1 Å². The Kier molecular flexibility index (Phi) is 5.36. The molecule has 2 rings (SSSR count). The summed E-state index contributed by atoms with van der Waals surface area (Å²) in [6, 6.07) is 12.1. The number of hydrogen-bond acceptors (Lipinski definition) is 3. The topological polar surface area (TPSA) is 66.5 Å². The highest BCUT2D eigenvalue weighted by Gasteiger charge is 2.00. The Morgan fingerprint density at radius 3 is 2.77 bits per heavy atom. The van der Waals surface area contributed by atoms with Crippen molar-refractivity contribution in [1.29, 1.82) is 0 Å². The molecule has 0 unspecified atom stereocenters. The molecule has 0 radical (unpaired) electrons. The zero-order valence-electron chi connectivity index (χ0n) is 13.4. The number of aromatic nitrogens is 1. The maximum atomic E-state index is 5.96. The van der Waals surface area contributed by atoms with Crippen molar-refractivity contribution in [1.82, 2.24) is 4.98 Å². The van der Waals surface area contributed by atoms with Crippen LogP contribution in [0.2, 0.25) is 0 Å². The van der Waals surface area contributed by atoms with Crippen molar-refractivity contribution in [3.63, 3.8) is 0 Å². The summed E-state index contributed by atoms with van der Waals surface area (Å²) in [7, 11) is 3.93. The number of anilines is 2. The van der Waals surface area contributed by atoms with E-state index in [1.54, 1.807) is 6.20 Å². The third-order valence-electron chi connectivity index (χ3n) is 3.31. The Labute approximate surface area is 131 Å². The first-order valence-corrected chi connectivity index (χ1v) is 7.36. The fourth-order valence-electron chi connectivity index (χ4n) is 2.04. The van der Waals surface area contributed by atoms with Gasteiger partial charge in [-0.15, -0.1) is 0 Å². The van der Waals surface area contributed by atoms with E-state index in [9.17, 15) is 0 Å². The van der Waals surface area contributed by atoms with Crippen LogP contribution in [0.25, 0.3) is 0 Å². The van der Waals surface area contributed by atoms with Crippen LogP contribution in [-0.4, -0.2) is 25.0 Å². The van der Waals surface area contributed by atoms with Crippen LogP contribution in [0.4, 0.5) is 11.5 Å². The number of hydrogen-bond donors (Lipinski definition) is 2. The zero-order chi connectivity index (χ0) is 15.9. The summed E-state index contributed by atoms with van der Waals surface area (Å²) in [5, 5.41) is 3.13. The smallest absolute Gasteiger partial charge is 0.193 e. The van der Waals surface area contributed by atoms with Gasteiger partial charge in [-0.1, -0.05) is 19.1 Å². The molecule has 5 nitrogen and oxygen atoms in total. The number of nitrogens with two attached hydrogens (primary N) is 1. The summed E-state index contributed by atoms with van der Waals surface area (Å²) in [5.41, 5.74) is 9.26. The number of guanidine groups is 1. The Morgan fingerprint density at radius 2 is 2.05 bits per heavy atom. The van der Waals surface area contributed by atoms with E-state index in [-0.39, 0.29) is 0 Å². The van der Waals surface area contributed by atoms with Gasteiger partial charge < -0.3 is 16.0 Å². The maximum Gasteiger partial charge on any atom is 0.193 e. The number of nitrogens with zero attached hydrogens (tertiary/aromatic N) is 3. The van der Waals surface area contributed by atoms with Crippen molar-refractivity contribution < 1.29 is 0 Å². The van der Waals surface area contributed by atoms with E-state index in [1.165, 1.54) is 5.56 Å². The summed E-state index contributed by atoms with van der Waals surface area (Å²) in [6.45, 7) is 2.65. The lowest BCUT2D eigenvalue weighted by atomic mass is 10.1. The van der Waals surface area contributed by atoms with E-state index in [0.29, 0.717) is 12.5 Å². The normalized spacial score (nSPS) is 11.3. The third kappa shape index (κ3) is 4.48. The molecule has 1 aromatic heterocycles. The fraction of sp³-hybridized carbons (Fsp3) is 0.294. The molecule has 1 heterocycles. The molecule has 0 aliphatic carbocycles. The van der Waals surface area contributed by atoms with E-state index in [0.717, 1.165) is 23.5 Å². The molecule has 116 valence electrons. The third-order valence-corrected chi connectivity index (χ3v) is 3.31. The summed E-state index contributed by atoms with van der Waals surface area (Å²) >= 11 is 0. The number of rotatable bonds is 5. The van der Waals surface area contributed by atoms with Crippen molar-refractivity contribution in [3.05, 3.63) is 53.7 Å². The van der Waals surface area contributed by atoms with Gasteiger partial charge in [-0.2, -0.15) is 0 Å². The van der Waals surface area contributed by atoms with Crippen molar-refractivity contribution in [3.8, 4) is 0 Å². The van der Waals surface area contributed by atoms with Gasteiger partial charge in [0.2, 0.25) is 0 Å². The van der Waals surface area contributed by atoms with Gasteiger partial charge in [0.05, 0.1) is 6.54 Å². The first kappa shape index (κ1) is 15.8. The second-order valence-electron chi connectivity index (χ2n) is 5.30. The molecule has 22 heavy (non-hydrogen) atoms. The number of nitrogens with one attached hydrogen (secondary N) is 1. The molecule has 2 aromatic rings. The molecule has 0 saturated heterocycles. The fourth-order valence-corrected chi connectivity index (χ4v) is 2.04. The molecule has 0 amide bonds. The second kappa shape index (κ2) is 7.45. The first-order chi connectivity index (χ1) is 10.6. The maximum absolute atomic E-state index is 5.96. The molecule has 3 N–H and O–H groups in total. The summed E-state index contributed by atoms with van der Waals surface area (Å²) in [5.74, 6) is 1.33. The van der Waals surface area contributed by atoms with Gasteiger partial charge in [-0.05, 0) is 41.8 Å². The van der Waals surface area contributed by atoms with E-state index < -0.39 is 0 Å². The van der Waals surface area contributed by atoms with Crippen LogP contribution in [0.5, 0.6) is 0 Å². The minimum Gasteiger partial charge on any atom is -0.370 e. The van der Waals surface area contributed by atoms with Gasteiger partial charge in [0.15, 0.2) is 5.96 Å². The van der Waals surface area contributed by atoms with Crippen LogP contribution in [-0.2, 0) is 13.0 Å². The Hall–Kier alpha value is -2.56. The molecule has 5 heteroatoms. The van der Waals surface area contributed by atoms with Crippen molar-refractivity contribution in [2.75, 3.05) is 24.3 Å². The van der Waals surface area contributed by atoms with Gasteiger partial charge in [0.1, 0.15) is 5.82 Å². The van der Waals surface area contributed by atoms with Crippen LogP contribution >= 0.6 is 0 Å². The average molecular weight is 297 g/mol. The minimum atomic E-state index is 0.413. The van der Waals surface area contributed by atoms with Gasteiger partial charge in [0, 0.05) is 26.0 Å². The van der Waals surface area contributed by atoms with E-state index >= 15 is 0 Å². The van der Waals surface area contributed by atoms with Gasteiger partial charge in [-0.3, -0.25) is 0 Å². The number of aryl methyl sites for hydroxylation is 1. The first-order valence-electron chi connectivity index (χ1n) is 7.36. The zero-order valence-corrected chi connectivity index (χ0v) is 13.4. The standard InChI is InChI=1S/C17H23N5/c1-4-13-6-5-7-15(10-13)21-17(18)20-12-14-8-9-19-16(11-14)22(2)3/h5-11H,4,12H2,1-3H3,(H3,18,20,21). The van der Waals surface area contributed by atoms with Crippen LogP contribution in [0.15, 0.2) is 47.6 Å². The molecule has 0 fully saturated rings. The molecule has 0 atom stereocenters. The highest BCUT2D eigenvalue weighted by molar-refractivity contribution is 5.92. The second-order valence-corrected chi connectivity index (χ2v) is 5.30. The number of pyridine rings is 1. The predicted octanol–water partition coefficient (Wildman–Crippen LogP) is 2.64. The molecule has 0 aliphatic heterocycles. The van der Waals surface area contributed by atoms with E-state index in [1.807, 2.05) is 43.3 Å². The summed E-state index contributed by atoms with van der Waals surface area (Å²) in [4.78, 5) is 10.6. The van der Waals surface area contributed by atoms with Gasteiger partial charge in [0.25, 0.3) is 0 Å². The molecular weight excluding hydrogens is 274 g/mol. The van der Waals surface area contributed by atoms with Crippen molar-refractivity contribution in [2.24, 2.45) is 10.7 Å². The predicted molar refractivity (Wildman–Crippen MR) is 93.3 cm³/mol. The molecule has 0 spiro atoms. The molecular formula is C17H23N5. The van der Waals surface area contributed by atoms with Crippen LogP contribution in [0, 0.1) is 0 Å².